The van der Waals surface area contributed by atoms with E-state index in [-0.39, 0.29) is 41.1 Å². The first-order chi connectivity index (χ1) is 13.6. The molecule has 29 heavy (non-hydrogen) atoms. The van der Waals surface area contributed by atoms with Crippen LogP contribution in [0.5, 0.6) is 0 Å². The van der Waals surface area contributed by atoms with Gasteiger partial charge in [0.25, 0.3) is 0 Å². The molecule has 3 saturated heterocycles. The van der Waals surface area contributed by atoms with E-state index < -0.39 is 35.6 Å². The number of nitrogens with one attached hydrogen (secondary N) is 2. The van der Waals surface area contributed by atoms with Gasteiger partial charge in [-0.05, 0) is 26.2 Å². The minimum Gasteiger partial charge on any atom is -0.394 e. The van der Waals surface area contributed by atoms with Gasteiger partial charge in [0.15, 0.2) is 0 Å². The number of nitrogens with zero attached hydrogens (tertiary/aromatic N) is 1. The highest BCUT2D eigenvalue weighted by Crippen LogP contribution is 2.60. The number of likely N-dealkylation sites (tertiary alicyclic amines) is 1. The minimum absolute atomic E-state index is 0.0102. The summed E-state index contributed by atoms with van der Waals surface area (Å²) in [5.41, 5.74) is -1.08. The Labute approximate surface area is 180 Å². The fourth-order valence-electron chi connectivity index (χ4n) is 5.37. The molecule has 0 radical (unpaired) electrons. The Morgan fingerprint density at radius 1 is 1.34 bits per heavy atom. The molecule has 3 rings (SSSR count). The van der Waals surface area contributed by atoms with Crippen LogP contribution < -0.4 is 10.6 Å². The molecule has 164 valence electrons. The smallest absolute Gasteiger partial charge is 0.246 e. The lowest BCUT2D eigenvalue weighted by molar-refractivity contribution is -0.147. The summed E-state index contributed by atoms with van der Waals surface area (Å²) >= 11 is 3.61. The summed E-state index contributed by atoms with van der Waals surface area (Å²) < 4.78 is 6.34. The minimum atomic E-state index is -1.08. The maximum absolute atomic E-state index is 13.7. The Balaban J connectivity index is 2.11. The molecule has 3 unspecified atom stereocenters. The average Bonchev–Trinajstić information content (AvgIpc) is 3.25. The number of ether oxygens (including phenoxy) is 1. The van der Waals surface area contributed by atoms with E-state index in [1.807, 2.05) is 27.7 Å². The van der Waals surface area contributed by atoms with Crippen LogP contribution >= 0.6 is 15.9 Å². The first-order valence-corrected chi connectivity index (χ1v) is 11.3. The van der Waals surface area contributed by atoms with Crippen molar-refractivity contribution in [3.05, 3.63) is 0 Å². The maximum Gasteiger partial charge on any atom is 0.246 e. The first kappa shape index (κ1) is 22.5. The monoisotopic (exact) mass is 473 g/mol. The van der Waals surface area contributed by atoms with E-state index in [0.717, 1.165) is 6.42 Å². The van der Waals surface area contributed by atoms with Gasteiger partial charge in [-0.25, -0.2) is 0 Å². The van der Waals surface area contributed by atoms with Gasteiger partial charge >= 0.3 is 0 Å². The number of fused-ring (bicyclic) bond motifs is 1. The van der Waals surface area contributed by atoms with E-state index in [2.05, 4.69) is 26.6 Å². The molecular weight excluding hydrogens is 442 g/mol. The highest BCUT2D eigenvalue weighted by Gasteiger charge is 2.77. The van der Waals surface area contributed by atoms with Gasteiger partial charge in [0.1, 0.15) is 11.6 Å². The first-order valence-electron chi connectivity index (χ1n) is 10.4. The second kappa shape index (κ2) is 8.15. The summed E-state index contributed by atoms with van der Waals surface area (Å²) in [7, 11) is 1.54. The Morgan fingerprint density at radius 3 is 2.52 bits per heavy atom. The second-order valence-electron chi connectivity index (χ2n) is 8.82. The summed E-state index contributed by atoms with van der Waals surface area (Å²) in [6.45, 7) is 7.42. The summed E-state index contributed by atoms with van der Waals surface area (Å²) in [5, 5.41) is 15.7. The molecule has 8 nitrogen and oxygen atoms in total. The molecule has 9 heteroatoms. The van der Waals surface area contributed by atoms with Crippen LogP contribution in [0.25, 0.3) is 0 Å². The summed E-state index contributed by atoms with van der Waals surface area (Å²) in [6.07, 6.45) is 0.748. The van der Waals surface area contributed by atoms with Crippen molar-refractivity contribution in [3.63, 3.8) is 0 Å². The number of alkyl halides is 1. The van der Waals surface area contributed by atoms with E-state index in [1.165, 1.54) is 4.90 Å². The average molecular weight is 474 g/mol. The van der Waals surface area contributed by atoms with Crippen LogP contribution in [0.2, 0.25) is 0 Å². The van der Waals surface area contributed by atoms with Gasteiger partial charge in [-0.1, -0.05) is 36.2 Å². The highest BCUT2D eigenvalue weighted by atomic mass is 79.9. The SMILES string of the molecule is CC[C@H](C)[C@H](CO)N1C(=O)[C@@H]2[C@@H](C(=O)NC)[C@@H]3OC2(CC3Br)C1C(=O)NC(C)C. The van der Waals surface area contributed by atoms with Crippen molar-refractivity contribution in [2.24, 2.45) is 17.8 Å². The third-order valence-electron chi connectivity index (χ3n) is 6.80. The van der Waals surface area contributed by atoms with Crippen molar-refractivity contribution in [2.45, 2.75) is 75.2 Å². The molecule has 0 aliphatic carbocycles. The number of carbonyl (C=O) groups is 3. The van der Waals surface area contributed by atoms with Crippen molar-refractivity contribution in [1.82, 2.24) is 15.5 Å². The molecule has 3 amide bonds. The van der Waals surface area contributed by atoms with Gasteiger partial charge in [-0.2, -0.15) is 0 Å². The largest absolute Gasteiger partial charge is 0.394 e. The normalized spacial score (nSPS) is 37.6. The van der Waals surface area contributed by atoms with E-state index in [0.29, 0.717) is 6.42 Å². The van der Waals surface area contributed by atoms with E-state index in [1.54, 1.807) is 7.05 Å². The van der Waals surface area contributed by atoms with Crippen LogP contribution in [0.1, 0.15) is 40.5 Å². The Morgan fingerprint density at radius 2 is 2.00 bits per heavy atom. The zero-order chi connectivity index (χ0) is 21.7. The molecule has 8 atom stereocenters. The van der Waals surface area contributed by atoms with Gasteiger partial charge in [0, 0.05) is 17.9 Å². The van der Waals surface area contributed by atoms with Gasteiger partial charge in [-0.3, -0.25) is 14.4 Å². The molecule has 3 aliphatic rings. The Kier molecular flexibility index (Phi) is 6.32. The molecule has 0 saturated carbocycles. The fourth-order valence-corrected chi connectivity index (χ4v) is 6.31. The highest BCUT2D eigenvalue weighted by molar-refractivity contribution is 9.09. The molecule has 0 aromatic rings. The molecule has 1 spiro atoms. The molecule has 3 fully saturated rings. The van der Waals surface area contributed by atoms with Crippen molar-refractivity contribution in [2.75, 3.05) is 13.7 Å². The summed E-state index contributed by atoms with van der Waals surface area (Å²) in [5.74, 6) is -2.24. The Bertz CT molecular complexity index is 689. The predicted octanol–water partition coefficient (Wildman–Crippen LogP) is 0.412. The molecule has 2 bridgehead atoms. The number of hydrogen-bond acceptors (Lipinski definition) is 5. The third kappa shape index (κ3) is 3.29. The van der Waals surface area contributed by atoms with Crippen molar-refractivity contribution in [1.29, 1.82) is 0 Å². The molecular formula is C20H32BrN3O5. The van der Waals surface area contributed by atoms with Crippen LogP contribution in [0.4, 0.5) is 0 Å². The fraction of sp³-hybridized carbons (Fsp3) is 0.850. The number of rotatable bonds is 7. The van der Waals surface area contributed by atoms with E-state index in [4.69, 9.17) is 4.74 Å². The molecule has 3 heterocycles. The van der Waals surface area contributed by atoms with Crippen LogP contribution in [0, 0.1) is 17.8 Å². The topological polar surface area (TPSA) is 108 Å². The number of aliphatic hydroxyl groups excluding tert-OH is 1. The maximum atomic E-state index is 13.7. The number of aliphatic hydroxyl groups is 1. The predicted molar refractivity (Wildman–Crippen MR) is 110 cm³/mol. The summed E-state index contributed by atoms with van der Waals surface area (Å²) in [6, 6.07) is -1.51. The Hall–Kier alpha value is -1.19. The van der Waals surface area contributed by atoms with Gasteiger partial charge in [-0.15, -0.1) is 0 Å². The zero-order valence-corrected chi connectivity index (χ0v) is 19.2. The van der Waals surface area contributed by atoms with Crippen LogP contribution in [0.15, 0.2) is 0 Å². The summed E-state index contributed by atoms with van der Waals surface area (Å²) in [4.78, 5) is 41.1. The molecule has 3 aliphatic heterocycles. The van der Waals surface area contributed by atoms with Gasteiger partial charge < -0.3 is 25.4 Å². The standard InChI is InChI=1S/C20H32BrN3O5/c1-6-10(4)12(8-25)24-16(18(27)23-9(2)3)20-7-11(21)15(29-20)13(17(26)22-5)14(20)19(24)28/h9-16,25H,6-8H2,1-5H3,(H,22,26)(H,23,27)/t10-,11?,12-,13+,14-,15+,16?,20?/m0/s1. The zero-order valence-electron chi connectivity index (χ0n) is 17.6. The lowest BCUT2D eigenvalue weighted by atomic mass is 9.70. The quantitative estimate of drug-likeness (QED) is 0.464. The third-order valence-corrected chi connectivity index (χ3v) is 7.65. The van der Waals surface area contributed by atoms with Crippen molar-refractivity contribution < 1.29 is 24.2 Å². The molecule has 3 N–H and O–H groups in total. The number of halogens is 1. The number of hydrogen-bond donors (Lipinski definition) is 3. The molecule has 0 aromatic carbocycles. The number of amides is 3. The second-order valence-corrected chi connectivity index (χ2v) is 10.00. The lowest BCUT2D eigenvalue weighted by Crippen LogP contribution is -2.60. The van der Waals surface area contributed by atoms with E-state index in [9.17, 15) is 19.5 Å². The molecule has 0 aromatic heterocycles. The van der Waals surface area contributed by atoms with Crippen molar-refractivity contribution >= 4 is 33.7 Å². The van der Waals surface area contributed by atoms with Gasteiger partial charge in [0.2, 0.25) is 17.7 Å². The lowest BCUT2D eigenvalue weighted by Gasteiger charge is -2.39. The van der Waals surface area contributed by atoms with Crippen LogP contribution in [-0.2, 0) is 19.1 Å². The van der Waals surface area contributed by atoms with E-state index >= 15 is 0 Å². The van der Waals surface area contributed by atoms with Gasteiger partial charge in [0.05, 0.1) is 30.6 Å². The van der Waals surface area contributed by atoms with Crippen LogP contribution in [-0.4, -0.2) is 76.0 Å². The number of carbonyl (C=O) groups excluding carboxylic acids is 3. The van der Waals surface area contributed by atoms with Crippen LogP contribution in [0.3, 0.4) is 0 Å². The van der Waals surface area contributed by atoms with Crippen molar-refractivity contribution in [3.8, 4) is 0 Å².